The molecule has 4 nitrogen and oxygen atoms in total. The number of carbonyl (C=O) groups is 1. The third kappa shape index (κ3) is 7.35. The van der Waals surface area contributed by atoms with Gasteiger partial charge in [0.2, 0.25) is 0 Å². The number of aryl methyl sites for hydroxylation is 2. The Hall–Kier alpha value is -3.32. The predicted molar refractivity (Wildman–Crippen MR) is 140 cm³/mol. The van der Waals surface area contributed by atoms with Crippen molar-refractivity contribution in [3.05, 3.63) is 76.9 Å². The number of nitrogens with zero attached hydrogens (tertiary/aromatic N) is 2. The summed E-state index contributed by atoms with van der Waals surface area (Å²) in [5, 5.41) is 17.8. The molecule has 0 saturated carbocycles. The number of fused-ring (bicyclic) bond motifs is 1. The Labute approximate surface area is 204 Å². The van der Waals surface area contributed by atoms with Gasteiger partial charge in [-0.1, -0.05) is 69.4 Å². The van der Waals surface area contributed by atoms with E-state index in [0.717, 1.165) is 37.8 Å². The first-order valence-corrected chi connectivity index (χ1v) is 12.6. The summed E-state index contributed by atoms with van der Waals surface area (Å²) in [6.07, 6.45) is 17.2. The molecule has 1 heterocycles. The van der Waals surface area contributed by atoms with Crippen LogP contribution in [-0.4, -0.2) is 17.6 Å². The summed E-state index contributed by atoms with van der Waals surface area (Å²) < 4.78 is 0. The number of allylic oxidation sites excluding steroid dienone is 2. The second-order valence-electron chi connectivity index (χ2n) is 9.04. The number of carboxylic acid groups (broad SMARTS) is 1. The van der Waals surface area contributed by atoms with Gasteiger partial charge in [0.1, 0.15) is 11.6 Å². The largest absolute Gasteiger partial charge is 0.477 e. The van der Waals surface area contributed by atoms with Crippen LogP contribution in [0, 0.1) is 11.3 Å². The lowest BCUT2D eigenvalue weighted by molar-refractivity contribution is -0.132. The second kappa shape index (κ2) is 13.4. The van der Waals surface area contributed by atoms with Gasteiger partial charge in [-0.3, -0.25) is 0 Å². The number of rotatable bonds is 11. The Morgan fingerprint density at radius 2 is 1.82 bits per heavy atom. The molecule has 0 amide bonds. The fourth-order valence-corrected chi connectivity index (χ4v) is 4.51. The van der Waals surface area contributed by atoms with Crippen molar-refractivity contribution in [2.24, 2.45) is 0 Å². The van der Waals surface area contributed by atoms with Crippen molar-refractivity contribution in [2.75, 3.05) is 11.4 Å². The Balaban J connectivity index is 1.68. The summed E-state index contributed by atoms with van der Waals surface area (Å²) in [5.41, 5.74) is 5.95. The number of carboxylic acids is 1. The van der Waals surface area contributed by atoms with Gasteiger partial charge in [0, 0.05) is 17.9 Å². The summed E-state index contributed by atoms with van der Waals surface area (Å²) in [7, 11) is 0. The number of unbranched alkanes of at least 4 members (excludes halogenated alkanes) is 5. The molecule has 178 valence electrons. The van der Waals surface area contributed by atoms with E-state index >= 15 is 0 Å². The zero-order valence-electron chi connectivity index (χ0n) is 20.3. The molecule has 0 atom stereocenters. The second-order valence-corrected chi connectivity index (χ2v) is 9.04. The Kier molecular flexibility index (Phi) is 9.98. The van der Waals surface area contributed by atoms with Crippen molar-refractivity contribution in [3.63, 3.8) is 0 Å². The molecule has 1 N–H and O–H groups in total. The molecular formula is C30H36N2O2. The number of hydrogen-bond acceptors (Lipinski definition) is 3. The maximum Gasteiger partial charge on any atom is 0.346 e. The quantitative estimate of drug-likeness (QED) is 0.163. The van der Waals surface area contributed by atoms with E-state index in [0.29, 0.717) is 0 Å². The van der Waals surface area contributed by atoms with E-state index in [1.165, 1.54) is 67.1 Å². The van der Waals surface area contributed by atoms with Crippen LogP contribution in [0.3, 0.4) is 0 Å². The van der Waals surface area contributed by atoms with Crippen LogP contribution in [0.4, 0.5) is 11.4 Å². The standard InChI is InChI=1S/C30H36N2O2/c1-2-3-4-5-6-7-11-24-15-18-28(19-16-24)32-21-9-8-13-26-22-25(17-20-29(26)32)12-10-14-27(23-31)30(33)34/h10,12,14-20,22H,2-9,11,13,21H2,1H3,(H,33,34)/b12-10+,27-14+. The molecule has 0 unspecified atom stereocenters. The van der Waals surface area contributed by atoms with E-state index in [4.69, 9.17) is 10.4 Å². The number of anilines is 2. The van der Waals surface area contributed by atoms with E-state index in [-0.39, 0.29) is 5.57 Å². The van der Waals surface area contributed by atoms with Crippen LogP contribution in [0.1, 0.15) is 75.0 Å². The van der Waals surface area contributed by atoms with Gasteiger partial charge in [-0.25, -0.2) is 4.79 Å². The van der Waals surface area contributed by atoms with Gasteiger partial charge in [0.05, 0.1) is 0 Å². The molecule has 0 bridgehead atoms. The molecule has 4 heteroatoms. The molecule has 0 spiro atoms. The lowest BCUT2D eigenvalue weighted by Gasteiger charge is -2.25. The van der Waals surface area contributed by atoms with Crippen LogP contribution in [-0.2, 0) is 17.6 Å². The molecule has 0 saturated heterocycles. The summed E-state index contributed by atoms with van der Waals surface area (Å²) in [6.45, 7) is 3.26. The highest BCUT2D eigenvalue weighted by atomic mass is 16.4. The molecule has 2 aromatic rings. The molecule has 1 aliphatic heterocycles. The summed E-state index contributed by atoms with van der Waals surface area (Å²) in [4.78, 5) is 13.4. The average Bonchev–Trinajstić information content (AvgIpc) is 3.06. The van der Waals surface area contributed by atoms with Gasteiger partial charge >= 0.3 is 5.97 Å². The van der Waals surface area contributed by atoms with Gasteiger partial charge in [-0.2, -0.15) is 5.26 Å². The highest BCUT2D eigenvalue weighted by Crippen LogP contribution is 2.34. The van der Waals surface area contributed by atoms with Crippen LogP contribution in [0.5, 0.6) is 0 Å². The lowest BCUT2D eigenvalue weighted by Crippen LogP contribution is -2.17. The predicted octanol–water partition coefficient (Wildman–Crippen LogP) is 7.61. The van der Waals surface area contributed by atoms with Crippen LogP contribution < -0.4 is 4.90 Å². The van der Waals surface area contributed by atoms with Crippen molar-refractivity contribution in [1.29, 1.82) is 5.26 Å². The molecule has 2 aromatic carbocycles. The molecule has 0 aliphatic carbocycles. The fourth-order valence-electron chi connectivity index (χ4n) is 4.51. The van der Waals surface area contributed by atoms with Crippen LogP contribution in [0.25, 0.3) is 6.08 Å². The SMILES string of the molecule is CCCCCCCCc1ccc(N2CCCCc3cc(/C=C/C=C(\C#N)C(=O)O)ccc32)cc1. The van der Waals surface area contributed by atoms with Gasteiger partial charge in [0.15, 0.2) is 0 Å². The molecular weight excluding hydrogens is 420 g/mol. The number of nitriles is 1. The smallest absolute Gasteiger partial charge is 0.346 e. The molecule has 3 rings (SSSR count). The third-order valence-corrected chi connectivity index (χ3v) is 6.44. The minimum Gasteiger partial charge on any atom is -0.477 e. The first kappa shape index (κ1) is 25.3. The van der Waals surface area contributed by atoms with E-state index in [9.17, 15) is 4.79 Å². The zero-order valence-corrected chi connectivity index (χ0v) is 20.3. The van der Waals surface area contributed by atoms with Crippen molar-refractivity contribution in [1.82, 2.24) is 0 Å². The van der Waals surface area contributed by atoms with Crippen molar-refractivity contribution >= 4 is 23.4 Å². The van der Waals surface area contributed by atoms with E-state index in [1.54, 1.807) is 12.1 Å². The minimum absolute atomic E-state index is 0.267. The number of benzene rings is 2. The van der Waals surface area contributed by atoms with E-state index in [2.05, 4.69) is 54.3 Å². The topological polar surface area (TPSA) is 64.3 Å². The lowest BCUT2D eigenvalue weighted by atomic mass is 10.0. The molecule has 1 aliphatic rings. The van der Waals surface area contributed by atoms with E-state index in [1.807, 2.05) is 6.08 Å². The summed E-state index contributed by atoms with van der Waals surface area (Å²) in [5.74, 6) is -1.21. The average molecular weight is 457 g/mol. The molecule has 0 radical (unpaired) electrons. The normalized spacial score (nSPS) is 14.0. The van der Waals surface area contributed by atoms with Gasteiger partial charge in [-0.15, -0.1) is 0 Å². The van der Waals surface area contributed by atoms with Crippen LogP contribution in [0.2, 0.25) is 0 Å². The van der Waals surface area contributed by atoms with Gasteiger partial charge < -0.3 is 10.0 Å². The molecule has 0 aromatic heterocycles. The highest BCUT2D eigenvalue weighted by Gasteiger charge is 2.17. The number of aliphatic carboxylic acids is 1. The molecule has 34 heavy (non-hydrogen) atoms. The zero-order chi connectivity index (χ0) is 24.2. The van der Waals surface area contributed by atoms with Crippen molar-refractivity contribution in [3.8, 4) is 6.07 Å². The van der Waals surface area contributed by atoms with Gasteiger partial charge in [-0.05, 0) is 79.1 Å². The summed E-state index contributed by atoms with van der Waals surface area (Å²) >= 11 is 0. The van der Waals surface area contributed by atoms with Crippen LogP contribution in [0.15, 0.2) is 60.2 Å². The Bertz CT molecular complexity index is 1040. The molecule has 0 fully saturated rings. The Morgan fingerprint density at radius 1 is 1.06 bits per heavy atom. The monoisotopic (exact) mass is 456 g/mol. The third-order valence-electron chi connectivity index (χ3n) is 6.44. The number of hydrogen-bond donors (Lipinski definition) is 1. The minimum atomic E-state index is -1.21. The van der Waals surface area contributed by atoms with Crippen LogP contribution >= 0.6 is 0 Å². The van der Waals surface area contributed by atoms with Crippen molar-refractivity contribution in [2.45, 2.75) is 71.1 Å². The van der Waals surface area contributed by atoms with E-state index < -0.39 is 5.97 Å². The maximum atomic E-state index is 11.0. The fraction of sp³-hybridized carbons (Fsp3) is 0.400. The first-order valence-electron chi connectivity index (χ1n) is 12.6. The first-order chi connectivity index (χ1) is 16.6. The highest BCUT2D eigenvalue weighted by molar-refractivity contribution is 5.91. The Morgan fingerprint density at radius 3 is 2.56 bits per heavy atom. The summed E-state index contributed by atoms with van der Waals surface area (Å²) in [6, 6.07) is 17.2. The maximum absolute atomic E-state index is 11.0. The van der Waals surface area contributed by atoms with Crippen molar-refractivity contribution < 1.29 is 9.90 Å². The van der Waals surface area contributed by atoms with Gasteiger partial charge in [0.25, 0.3) is 0 Å².